The zero-order chi connectivity index (χ0) is 15.1. The summed E-state index contributed by atoms with van der Waals surface area (Å²) in [5.41, 5.74) is 0. The molecule has 0 aromatic rings. The number of nitrogens with one attached hydrogen (secondary N) is 2. The van der Waals surface area contributed by atoms with Gasteiger partial charge >= 0.3 is 0 Å². The number of hydrogen-bond donors (Lipinski definition) is 2. The SMILES string of the molecule is CN=C(NCC1CCCN(C(C)C)C1)NC1CCCCC1. The van der Waals surface area contributed by atoms with Gasteiger partial charge in [0.2, 0.25) is 0 Å². The molecule has 0 bridgehead atoms. The molecule has 2 fully saturated rings. The molecule has 1 saturated heterocycles. The molecule has 0 amide bonds. The number of hydrogen-bond acceptors (Lipinski definition) is 2. The Morgan fingerprint density at radius 1 is 1.14 bits per heavy atom. The average molecular weight is 294 g/mol. The number of piperidine rings is 1. The van der Waals surface area contributed by atoms with E-state index in [4.69, 9.17) is 0 Å². The average Bonchev–Trinajstić information content (AvgIpc) is 2.52. The second kappa shape index (κ2) is 8.62. The summed E-state index contributed by atoms with van der Waals surface area (Å²) in [6, 6.07) is 1.30. The van der Waals surface area contributed by atoms with Crippen molar-refractivity contribution < 1.29 is 0 Å². The van der Waals surface area contributed by atoms with Crippen LogP contribution in [0.25, 0.3) is 0 Å². The minimum Gasteiger partial charge on any atom is -0.356 e. The summed E-state index contributed by atoms with van der Waals surface area (Å²) >= 11 is 0. The number of aliphatic imine (C=N–C) groups is 1. The smallest absolute Gasteiger partial charge is 0.191 e. The second-order valence-corrected chi connectivity index (χ2v) is 7.03. The first kappa shape index (κ1) is 16.6. The fourth-order valence-corrected chi connectivity index (χ4v) is 3.61. The van der Waals surface area contributed by atoms with Crippen LogP contribution in [0.1, 0.15) is 58.8 Å². The molecule has 122 valence electrons. The van der Waals surface area contributed by atoms with E-state index in [9.17, 15) is 0 Å². The van der Waals surface area contributed by atoms with Gasteiger partial charge in [-0.2, -0.15) is 0 Å². The van der Waals surface area contributed by atoms with E-state index in [1.165, 1.54) is 58.0 Å². The Hall–Kier alpha value is -0.770. The van der Waals surface area contributed by atoms with Crippen LogP contribution in [-0.2, 0) is 0 Å². The van der Waals surface area contributed by atoms with E-state index < -0.39 is 0 Å². The molecule has 2 N–H and O–H groups in total. The Balaban J connectivity index is 1.72. The Morgan fingerprint density at radius 3 is 2.57 bits per heavy atom. The molecule has 0 aromatic carbocycles. The number of rotatable bonds is 4. The summed E-state index contributed by atoms with van der Waals surface area (Å²) in [4.78, 5) is 7.01. The molecule has 2 rings (SSSR count). The summed E-state index contributed by atoms with van der Waals surface area (Å²) < 4.78 is 0. The van der Waals surface area contributed by atoms with Crippen molar-refractivity contribution in [3.05, 3.63) is 0 Å². The standard InChI is InChI=1S/C17H34N4/c1-14(2)21-11-7-8-15(13-21)12-19-17(18-3)20-16-9-5-4-6-10-16/h14-16H,4-13H2,1-3H3,(H2,18,19,20). The van der Waals surface area contributed by atoms with Crippen LogP contribution in [0.5, 0.6) is 0 Å². The Bertz CT molecular complexity index is 321. The molecule has 1 aliphatic heterocycles. The summed E-state index contributed by atoms with van der Waals surface area (Å²) in [7, 11) is 1.89. The Kier molecular flexibility index (Phi) is 6.81. The highest BCUT2D eigenvalue weighted by Gasteiger charge is 2.22. The molecule has 1 atom stereocenters. The fourth-order valence-electron chi connectivity index (χ4n) is 3.61. The fraction of sp³-hybridized carbons (Fsp3) is 0.941. The van der Waals surface area contributed by atoms with Gasteiger partial charge in [0.15, 0.2) is 5.96 Å². The summed E-state index contributed by atoms with van der Waals surface area (Å²) in [5, 5.41) is 7.16. The van der Waals surface area contributed by atoms with Gasteiger partial charge in [0.1, 0.15) is 0 Å². The van der Waals surface area contributed by atoms with Gasteiger partial charge in [-0.1, -0.05) is 19.3 Å². The molecular formula is C17H34N4. The van der Waals surface area contributed by atoms with Gasteiger partial charge in [0.25, 0.3) is 0 Å². The van der Waals surface area contributed by atoms with E-state index in [0.717, 1.165) is 18.4 Å². The van der Waals surface area contributed by atoms with E-state index in [-0.39, 0.29) is 0 Å². The first-order chi connectivity index (χ1) is 10.2. The number of nitrogens with zero attached hydrogens (tertiary/aromatic N) is 2. The normalized spacial score (nSPS) is 26.1. The number of guanidine groups is 1. The molecule has 21 heavy (non-hydrogen) atoms. The maximum absolute atomic E-state index is 4.40. The largest absolute Gasteiger partial charge is 0.356 e. The lowest BCUT2D eigenvalue weighted by Crippen LogP contribution is -2.48. The molecule has 1 unspecified atom stereocenters. The van der Waals surface area contributed by atoms with Crippen LogP contribution in [-0.4, -0.2) is 49.6 Å². The third-order valence-electron chi connectivity index (χ3n) is 5.01. The van der Waals surface area contributed by atoms with Crippen LogP contribution in [0, 0.1) is 5.92 Å². The van der Waals surface area contributed by atoms with Crippen molar-refractivity contribution in [3.63, 3.8) is 0 Å². The Labute approximate surface area is 130 Å². The van der Waals surface area contributed by atoms with Crippen molar-refractivity contribution in [2.75, 3.05) is 26.7 Å². The monoisotopic (exact) mass is 294 g/mol. The maximum atomic E-state index is 4.40. The van der Waals surface area contributed by atoms with Crippen molar-refractivity contribution in [3.8, 4) is 0 Å². The summed E-state index contributed by atoms with van der Waals surface area (Å²) in [6.45, 7) is 8.16. The van der Waals surface area contributed by atoms with Gasteiger partial charge in [-0.15, -0.1) is 0 Å². The first-order valence-corrected chi connectivity index (χ1v) is 8.90. The second-order valence-electron chi connectivity index (χ2n) is 7.03. The van der Waals surface area contributed by atoms with Gasteiger partial charge in [-0.25, -0.2) is 0 Å². The molecule has 2 aliphatic rings. The maximum Gasteiger partial charge on any atom is 0.191 e. The van der Waals surface area contributed by atoms with Crippen LogP contribution in [0.4, 0.5) is 0 Å². The molecule has 0 radical (unpaired) electrons. The van der Waals surface area contributed by atoms with Crippen molar-refractivity contribution >= 4 is 5.96 Å². The zero-order valence-electron chi connectivity index (χ0n) is 14.2. The molecule has 0 spiro atoms. The van der Waals surface area contributed by atoms with Gasteiger partial charge in [0.05, 0.1) is 0 Å². The topological polar surface area (TPSA) is 39.7 Å². The minimum absolute atomic E-state index is 0.628. The predicted octanol–water partition coefficient (Wildman–Crippen LogP) is 2.60. The van der Waals surface area contributed by atoms with Gasteiger partial charge < -0.3 is 15.5 Å². The van der Waals surface area contributed by atoms with Gasteiger partial charge in [-0.3, -0.25) is 4.99 Å². The highest BCUT2D eigenvalue weighted by atomic mass is 15.2. The molecule has 1 aliphatic carbocycles. The van der Waals surface area contributed by atoms with Crippen LogP contribution in [0.2, 0.25) is 0 Å². The molecule has 1 saturated carbocycles. The first-order valence-electron chi connectivity index (χ1n) is 8.90. The van der Waals surface area contributed by atoms with E-state index in [1.807, 2.05) is 7.05 Å². The van der Waals surface area contributed by atoms with Crippen molar-refractivity contribution in [1.82, 2.24) is 15.5 Å². The highest BCUT2D eigenvalue weighted by molar-refractivity contribution is 5.79. The van der Waals surface area contributed by atoms with Crippen molar-refractivity contribution in [2.45, 2.75) is 70.9 Å². The third kappa shape index (κ3) is 5.50. The van der Waals surface area contributed by atoms with E-state index >= 15 is 0 Å². The van der Waals surface area contributed by atoms with Crippen molar-refractivity contribution in [1.29, 1.82) is 0 Å². The van der Waals surface area contributed by atoms with Gasteiger partial charge in [0, 0.05) is 32.2 Å². The van der Waals surface area contributed by atoms with E-state index in [0.29, 0.717) is 12.1 Å². The van der Waals surface area contributed by atoms with E-state index in [1.54, 1.807) is 0 Å². The summed E-state index contributed by atoms with van der Waals surface area (Å²) in [5.74, 6) is 1.76. The lowest BCUT2D eigenvalue weighted by atomic mass is 9.95. The zero-order valence-corrected chi connectivity index (χ0v) is 14.2. The van der Waals surface area contributed by atoms with Crippen LogP contribution < -0.4 is 10.6 Å². The Morgan fingerprint density at radius 2 is 1.90 bits per heavy atom. The van der Waals surface area contributed by atoms with Gasteiger partial charge in [-0.05, 0) is 52.0 Å². The molecule has 4 heteroatoms. The molecular weight excluding hydrogens is 260 g/mol. The van der Waals surface area contributed by atoms with Crippen molar-refractivity contribution in [2.24, 2.45) is 10.9 Å². The minimum atomic E-state index is 0.628. The van der Waals surface area contributed by atoms with Crippen LogP contribution in [0.15, 0.2) is 4.99 Å². The lowest BCUT2D eigenvalue weighted by molar-refractivity contribution is 0.141. The molecule has 4 nitrogen and oxygen atoms in total. The quantitative estimate of drug-likeness (QED) is 0.618. The number of likely N-dealkylation sites (tertiary alicyclic amines) is 1. The van der Waals surface area contributed by atoms with Crippen LogP contribution >= 0.6 is 0 Å². The highest BCUT2D eigenvalue weighted by Crippen LogP contribution is 2.18. The molecule has 1 heterocycles. The predicted molar refractivity (Wildman–Crippen MR) is 90.8 cm³/mol. The van der Waals surface area contributed by atoms with E-state index in [2.05, 4.69) is 34.4 Å². The van der Waals surface area contributed by atoms with Crippen LogP contribution in [0.3, 0.4) is 0 Å². The summed E-state index contributed by atoms with van der Waals surface area (Å²) in [6.07, 6.45) is 9.39. The molecule has 0 aromatic heterocycles. The lowest BCUT2D eigenvalue weighted by Gasteiger charge is -2.35. The third-order valence-corrected chi connectivity index (χ3v) is 5.01.